The molecular weight excluding hydrogens is 268 g/mol. The number of nitrogens with zero attached hydrogens (tertiary/aromatic N) is 3. The van der Waals surface area contributed by atoms with Gasteiger partial charge in [-0.05, 0) is 31.2 Å². The summed E-state index contributed by atoms with van der Waals surface area (Å²) in [5.74, 6) is 0.530. The highest BCUT2D eigenvalue weighted by Crippen LogP contribution is 2.16. The molecule has 21 heavy (non-hydrogen) atoms. The number of likely N-dealkylation sites (tertiary alicyclic amines) is 1. The topological polar surface area (TPSA) is 81.3 Å². The number of aromatic nitrogens is 2. The lowest BCUT2D eigenvalue weighted by Crippen LogP contribution is -2.43. The van der Waals surface area contributed by atoms with Crippen molar-refractivity contribution in [2.75, 3.05) is 25.9 Å². The number of carbonyl (C=O) groups is 1. The number of nitrogens with two attached hydrogens (primary N) is 1. The molecule has 6 heteroatoms. The molecule has 1 fully saturated rings. The predicted molar refractivity (Wildman–Crippen MR) is 80.9 cm³/mol. The van der Waals surface area contributed by atoms with Crippen LogP contribution in [0.25, 0.3) is 0 Å². The molecule has 0 spiro atoms. The van der Waals surface area contributed by atoms with Gasteiger partial charge in [-0.2, -0.15) is 0 Å². The molecule has 2 N–H and O–H groups in total. The molecule has 2 heterocycles. The number of anilines is 1. The predicted octanol–water partition coefficient (Wildman–Crippen LogP) is 1.51. The van der Waals surface area contributed by atoms with E-state index >= 15 is 0 Å². The number of rotatable bonds is 4. The Kier molecular flexibility index (Phi) is 5.12. The number of methoxy groups -OCH3 is 1. The average molecular weight is 292 g/mol. The number of ether oxygens (including phenoxy) is 1. The Morgan fingerprint density at radius 2 is 2.29 bits per heavy atom. The fourth-order valence-corrected chi connectivity index (χ4v) is 2.63. The summed E-state index contributed by atoms with van der Waals surface area (Å²) in [6.45, 7) is 5.56. The Morgan fingerprint density at radius 1 is 1.52 bits per heavy atom. The van der Waals surface area contributed by atoms with Gasteiger partial charge in [-0.1, -0.05) is 13.8 Å². The Bertz CT molecular complexity index is 504. The minimum atomic E-state index is -0.0872. The molecule has 0 bridgehead atoms. The summed E-state index contributed by atoms with van der Waals surface area (Å²) in [7, 11) is 1.68. The van der Waals surface area contributed by atoms with Crippen LogP contribution in [0, 0.1) is 5.92 Å². The van der Waals surface area contributed by atoms with Crippen LogP contribution >= 0.6 is 0 Å². The monoisotopic (exact) mass is 292 g/mol. The molecule has 6 nitrogen and oxygen atoms in total. The molecule has 2 rings (SSSR count). The Hall–Kier alpha value is -1.69. The zero-order valence-corrected chi connectivity index (χ0v) is 13.0. The highest BCUT2D eigenvalue weighted by molar-refractivity contribution is 5.92. The molecule has 0 unspecified atom stereocenters. The van der Waals surface area contributed by atoms with Gasteiger partial charge in [-0.15, -0.1) is 0 Å². The van der Waals surface area contributed by atoms with Crippen molar-refractivity contribution >= 4 is 11.9 Å². The number of hydrogen-bond donors (Lipinski definition) is 1. The maximum Gasteiger partial charge on any atom is 0.272 e. The number of nitrogen functional groups attached to an aromatic ring is 1. The van der Waals surface area contributed by atoms with Gasteiger partial charge in [0.1, 0.15) is 5.69 Å². The minimum absolute atomic E-state index is 0.0872. The maximum absolute atomic E-state index is 12.6. The summed E-state index contributed by atoms with van der Waals surface area (Å²) in [6.07, 6.45) is 2.83. The van der Waals surface area contributed by atoms with Crippen LogP contribution in [0.15, 0.2) is 6.07 Å². The molecule has 116 valence electrons. The lowest BCUT2D eigenvalue weighted by atomic mass is 10.1. The average Bonchev–Trinajstić information content (AvgIpc) is 2.45. The highest BCUT2D eigenvalue weighted by Gasteiger charge is 2.25. The molecule has 1 amide bonds. The first kappa shape index (κ1) is 15.7. The van der Waals surface area contributed by atoms with E-state index in [0.29, 0.717) is 18.2 Å². The first-order chi connectivity index (χ1) is 9.99. The summed E-state index contributed by atoms with van der Waals surface area (Å²) < 4.78 is 5.36. The Balaban J connectivity index is 2.16. The quantitative estimate of drug-likeness (QED) is 0.909. The second-order valence-electron chi connectivity index (χ2n) is 5.95. The third-order valence-corrected chi connectivity index (χ3v) is 3.63. The van der Waals surface area contributed by atoms with E-state index in [1.54, 1.807) is 18.1 Å². The van der Waals surface area contributed by atoms with Crippen LogP contribution in [0.3, 0.4) is 0 Å². The van der Waals surface area contributed by atoms with Crippen molar-refractivity contribution in [2.24, 2.45) is 5.92 Å². The second kappa shape index (κ2) is 6.85. The van der Waals surface area contributed by atoms with Crippen LogP contribution in [0.1, 0.15) is 42.9 Å². The van der Waals surface area contributed by atoms with Crippen LogP contribution < -0.4 is 5.73 Å². The van der Waals surface area contributed by atoms with Crippen molar-refractivity contribution in [2.45, 2.75) is 39.2 Å². The standard InChI is InChI=1S/C15H24N4O2/c1-10(2)7-11-8-13(18-15(16)17-11)14(20)19-6-4-5-12(9-19)21-3/h8,10,12H,4-7,9H2,1-3H3,(H2,16,17,18)/t12-/m1/s1. The molecule has 1 aromatic rings. The molecule has 1 saturated heterocycles. The van der Waals surface area contributed by atoms with Crippen molar-refractivity contribution in [1.82, 2.24) is 14.9 Å². The third kappa shape index (κ3) is 4.14. The first-order valence-corrected chi connectivity index (χ1v) is 7.45. The van der Waals surface area contributed by atoms with Gasteiger partial charge >= 0.3 is 0 Å². The van der Waals surface area contributed by atoms with Crippen molar-refractivity contribution in [1.29, 1.82) is 0 Å². The number of piperidine rings is 1. The molecule has 0 aromatic carbocycles. The Morgan fingerprint density at radius 3 is 2.95 bits per heavy atom. The fraction of sp³-hybridized carbons (Fsp3) is 0.667. The summed E-state index contributed by atoms with van der Waals surface area (Å²) in [5, 5.41) is 0. The summed E-state index contributed by atoms with van der Waals surface area (Å²) in [5.41, 5.74) is 6.94. The molecule has 1 aliphatic heterocycles. The number of carbonyl (C=O) groups excluding carboxylic acids is 1. The van der Waals surface area contributed by atoms with Gasteiger partial charge in [0.2, 0.25) is 5.95 Å². The lowest BCUT2D eigenvalue weighted by Gasteiger charge is -2.31. The van der Waals surface area contributed by atoms with E-state index < -0.39 is 0 Å². The SMILES string of the molecule is CO[C@@H]1CCCN(C(=O)c2cc(CC(C)C)nc(N)n2)C1. The van der Waals surface area contributed by atoms with E-state index in [0.717, 1.165) is 31.5 Å². The van der Waals surface area contributed by atoms with Crippen LogP contribution in [-0.2, 0) is 11.2 Å². The molecule has 1 atom stereocenters. The van der Waals surface area contributed by atoms with Crippen molar-refractivity contribution in [3.05, 3.63) is 17.5 Å². The smallest absolute Gasteiger partial charge is 0.272 e. The van der Waals surface area contributed by atoms with Crippen LogP contribution in [0.2, 0.25) is 0 Å². The molecule has 0 radical (unpaired) electrons. The van der Waals surface area contributed by atoms with E-state index in [2.05, 4.69) is 23.8 Å². The minimum Gasteiger partial charge on any atom is -0.380 e. The summed E-state index contributed by atoms with van der Waals surface area (Å²) >= 11 is 0. The van der Waals surface area contributed by atoms with Crippen molar-refractivity contribution in [3.63, 3.8) is 0 Å². The van der Waals surface area contributed by atoms with Gasteiger partial charge in [0.15, 0.2) is 0 Å². The van der Waals surface area contributed by atoms with Crippen LogP contribution in [0.5, 0.6) is 0 Å². The van der Waals surface area contributed by atoms with Crippen molar-refractivity contribution in [3.8, 4) is 0 Å². The van der Waals surface area contributed by atoms with Gasteiger partial charge in [-0.25, -0.2) is 9.97 Å². The van der Waals surface area contributed by atoms with Crippen molar-refractivity contribution < 1.29 is 9.53 Å². The van der Waals surface area contributed by atoms with Gasteiger partial charge in [0.05, 0.1) is 6.10 Å². The zero-order valence-electron chi connectivity index (χ0n) is 13.0. The zero-order chi connectivity index (χ0) is 15.4. The Labute approximate surface area is 125 Å². The summed E-state index contributed by atoms with van der Waals surface area (Å²) in [6, 6.07) is 1.76. The van der Waals surface area contributed by atoms with Gasteiger partial charge < -0.3 is 15.4 Å². The molecule has 0 saturated carbocycles. The maximum atomic E-state index is 12.6. The van der Waals surface area contributed by atoms with Gasteiger partial charge in [0, 0.05) is 25.9 Å². The summed E-state index contributed by atoms with van der Waals surface area (Å²) in [4.78, 5) is 22.7. The largest absolute Gasteiger partial charge is 0.380 e. The van der Waals surface area contributed by atoms with E-state index in [4.69, 9.17) is 10.5 Å². The molecule has 1 aliphatic rings. The van der Waals surface area contributed by atoms with Gasteiger partial charge in [-0.3, -0.25) is 4.79 Å². The van der Waals surface area contributed by atoms with Gasteiger partial charge in [0.25, 0.3) is 5.91 Å². The molecule has 0 aliphatic carbocycles. The van der Waals surface area contributed by atoms with E-state index in [-0.39, 0.29) is 18.0 Å². The number of amides is 1. The van der Waals surface area contributed by atoms with E-state index in [1.165, 1.54) is 0 Å². The third-order valence-electron chi connectivity index (χ3n) is 3.63. The molecule has 1 aromatic heterocycles. The fourth-order valence-electron chi connectivity index (χ4n) is 2.63. The van der Waals surface area contributed by atoms with E-state index in [1.807, 2.05) is 0 Å². The first-order valence-electron chi connectivity index (χ1n) is 7.45. The van der Waals surface area contributed by atoms with Crippen LogP contribution in [-0.4, -0.2) is 47.1 Å². The van der Waals surface area contributed by atoms with E-state index in [9.17, 15) is 4.79 Å². The lowest BCUT2D eigenvalue weighted by molar-refractivity contribution is 0.0265. The number of hydrogen-bond acceptors (Lipinski definition) is 5. The second-order valence-corrected chi connectivity index (χ2v) is 5.95. The molecular formula is C15H24N4O2. The van der Waals surface area contributed by atoms with Crippen LogP contribution in [0.4, 0.5) is 5.95 Å². The highest BCUT2D eigenvalue weighted by atomic mass is 16.5. The normalized spacial score (nSPS) is 19.0.